The molecule has 1 fully saturated rings. The molecule has 138 valence electrons. The Labute approximate surface area is 158 Å². The fraction of sp³-hybridized carbons (Fsp3) is 0.273. The monoisotopic (exact) mass is 363 g/mol. The number of rotatable bonds is 4. The minimum atomic E-state index is -0.338. The lowest BCUT2D eigenvalue weighted by Crippen LogP contribution is -3.12. The van der Waals surface area contributed by atoms with Gasteiger partial charge in [0.05, 0.1) is 31.4 Å². The van der Waals surface area contributed by atoms with Crippen LogP contribution in [-0.4, -0.2) is 44.4 Å². The number of methoxy groups -OCH3 is 1. The molecule has 5 heteroatoms. The highest BCUT2D eigenvalue weighted by atomic mass is 16.5. The first-order valence-electron chi connectivity index (χ1n) is 9.24. The second-order valence-corrected chi connectivity index (χ2v) is 6.72. The second-order valence-electron chi connectivity index (χ2n) is 6.72. The second kappa shape index (κ2) is 7.86. The van der Waals surface area contributed by atoms with Crippen LogP contribution in [0.3, 0.4) is 0 Å². The van der Waals surface area contributed by atoms with Crippen LogP contribution in [0.4, 0.5) is 0 Å². The lowest BCUT2D eigenvalue weighted by Gasteiger charge is -2.25. The smallest absolute Gasteiger partial charge is 0.340 e. The molecule has 27 heavy (non-hydrogen) atoms. The van der Waals surface area contributed by atoms with Crippen molar-refractivity contribution in [2.24, 2.45) is 0 Å². The van der Waals surface area contributed by atoms with Gasteiger partial charge in [-0.05, 0) is 11.6 Å². The van der Waals surface area contributed by atoms with Gasteiger partial charge in [-0.1, -0.05) is 48.5 Å². The quantitative estimate of drug-likeness (QED) is 0.722. The Balaban J connectivity index is 1.94. The third kappa shape index (κ3) is 3.56. The number of carbonyl (C=O) groups excluding carboxylic acids is 1. The normalized spacial score (nSPS) is 15.0. The summed E-state index contributed by atoms with van der Waals surface area (Å²) in [5.74, 6) is -0.338. The van der Waals surface area contributed by atoms with E-state index in [0.717, 1.165) is 54.0 Å². The summed E-state index contributed by atoms with van der Waals surface area (Å²) in [5, 5.41) is 0.963. The van der Waals surface area contributed by atoms with Crippen molar-refractivity contribution in [2.45, 2.75) is 6.54 Å². The molecular formula is C22H23N2O3+. The number of quaternary nitrogens is 1. The fourth-order valence-corrected chi connectivity index (χ4v) is 3.69. The maximum absolute atomic E-state index is 12.8. The summed E-state index contributed by atoms with van der Waals surface area (Å²) in [6.07, 6.45) is 0. The van der Waals surface area contributed by atoms with Gasteiger partial charge in [0.15, 0.2) is 0 Å². The minimum absolute atomic E-state index is 0.338. The number of carbonyl (C=O) groups is 1. The van der Waals surface area contributed by atoms with Gasteiger partial charge in [-0.25, -0.2) is 9.78 Å². The Morgan fingerprint density at radius 1 is 1.07 bits per heavy atom. The van der Waals surface area contributed by atoms with Crippen LogP contribution in [0.2, 0.25) is 0 Å². The standard InChI is InChI=1S/C22H22N2O3/c1-26-22(25)21-19(15-24-11-13-27-14-12-24)23-18-10-6-5-9-17(18)20(21)16-7-3-2-4-8-16/h2-10H,11-15H2,1H3/p+1. The molecule has 0 aliphatic carbocycles. The number of morpholine rings is 1. The number of benzene rings is 2. The van der Waals surface area contributed by atoms with Crippen molar-refractivity contribution in [3.8, 4) is 11.1 Å². The van der Waals surface area contributed by atoms with Crippen molar-refractivity contribution in [2.75, 3.05) is 33.4 Å². The molecule has 1 aliphatic rings. The van der Waals surface area contributed by atoms with E-state index < -0.39 is 0 Å². The van der Waals surface area contributed by atoms with Crippen LogP contribution in [0.15, 0.2) is 54.6 Å². The van der Waals surface area contributed by atoms with E-state index in [1.54, 1.807) is 0 Å². The van der Waals surface area contributed by atoms with Crippen molar-refractivity contribution in [1.29, 1.82) is 0 Å². The molecular weight excluding hydrogens is 340 g/mol. The van der Waals surface area contributed by atoms with Crippen molar-refractivity contribution in [3.05, 3.63) is 65.9 Å². The number of nitrogens with one attached hydrogen (secondary N) is 1. The Morgan fingerprint density at radius 3 is 2.52 bits per heavy atom. The Hall–Kier alpha value is -2.76. The summed E-state index contributed by atoms with van der Waals surface area (Å²) in [6.45, 7) is 3.98. The molecule has 5 nitrogen and oxygen atoms in total. The molecule has 1 saturated heterocycles. The van der Waals surface area contributed by atoms with Crippen LogP contribution >= 0.6 is 0 Å². The predicted octanol–water partition coefficient (Wildman–Crippen LogP) is 2.10. The number of ether oxygens (including phenoxy) is 2. The largest absolute Gasteiger partial charge is 0.465 e. The molecule has 0 saturated carbocycles. The maximum Gasteiger partial charge on any atom is 0.340 e. The highest BCUT2D eigenvalue weighted by Crippen LogP contribution is 2.33. The number of para-hydroxylation sites is 1. The highest BCUT2D eigenvalue weighted by Gasteiger charge is 2.26. The first kappa shape index (κ1) is 17.6. The molecule has 0 unspecified atom stereocenters. The number of aromatic nitrogens is 1. The van der Waals surface area contributed by atoms with Gasteiger partial charge < -0.3 is 14.4 Å². The molecule has 0 bridgehead atoms. The maximum atomic E-state index is 12.8. The van der Waals surface area contributed by atoms with Gasteiger partial charge in [0.25, 0.3) is 0 Å². The molecule has 1 aliphatic heterocycles. The third-order valence-electron chi connectivity index (χ3n) is 5.04. The van der Waals surface area contributed by atoms with Crippen LogP contribution in [0.5, 0.6) is 0 Å². The van der Waals surface area contributed by atoms with Crippen molar-refractivity contribution in [1.82, 2.24) is 4.98 Å². The van der Waals surface area contributed by atoms with Gasteiger partial charge in [-0.3, -0.25) is 0 Å². The number of esters is 1. The number of fused-ring (bicyclic) bond motifs is 1. The summed E-state index contributed by atoms with van der Waals surface area (Å²) < 4.78 is 10.6. The number of hydrogen-bond acceptors (Lipinski definition) is 4. The van der Waals surface area contributed by atoms with Crippen LogP contribution < -0.4 is 4.90 Å². The van der Waals surface area contributed by atoms with E-state index in [2.05, 4.69) is 0 Å². The van der Waals surface area contributed by atoms with Crippen molar-refractivity contribution < 1.29 is 19.2 Å². The van der Waals surface area contributed by atoms with E-state index in [9.17, 15) is 4.79 Å². The lowest BCUT2D eigenvalue weighted by atomic mass is 9.94. The van der Waals surface area contributed by atoms with E-state index in [0.29, 0.717) is 12.1 Å². The van der Waals surface area contributed by atoms with E-state index in [-0.39, 0.29) is 5.97 Å². The molecule has 2 aromatic carbocycles. The molecule has 1 N–H and O–H groups in total. The first-order chi connectivity index (χ1) is 13.3. The van der Waals surface area contributed by atoms with Crippen LogP contribution in [0.25, 0.3) is 22.0 Å². The zero-order valence-electron chi connectivity index (χ0n) is 15.4. The van der Waals surface area contributed by atoms with E-state index >= 15 is 0 Å². The summed E-state index contributed by atoms with van der Waals surface area (Å²) in [5.41, 5.74) is 4.15. The van der Waals surface area contributed by atoms with Crippen LogP contribution in [0, 0.1) is 0 Å². The summed E-state index contributed by atoms with van der Waals surface area (Å²) in [7, 11) is 1.43. The van der Waals surface area contributed by atoms with Gasteiger partial charge in [-0.2, -0.15) is 0 Å². The highest BCUT2D eigenvalue weighted by molar-refractivity contribution is 6.07. The Kier molecular flexibility index (Phi) is 5.14. The number of nitrogens with zero attached hydrogens (tertiary/aromatic N) is 1. The minimum Gasteiger partial charge on any atom is -0.465 e. The van der Waals surface area contributed by atoms with Gasteiger partial charge >= 0.3 is 5.97 Å². The average Bonchev–Trinajstić information content (AvgIpc) is 2.73. The van der Waals surface area contributed by atoms with Gasteiger partial charge in [0.2, 0.25) is 0 Å². The zero-order valence-corrected chi connectivity index (χ0v) is 15.4. The molecule has 3 aromatic rings. The number of hydrogen-bond donors (Lipinski definition) is 1. The predicted molar refractivity (Wildman–Crippen MR) is 104 cm³/mol. The molecule has 1 aromatic heterocycles. The van der Waals surface area contributed by atoms with E-state index in [1.807, 2.05) is 54.6 Å². The van der Waals surface area contributed by atoms with Crippen molar-refractivity contribution >= 4 is 16.9 Å². The molecule has 2 heterocycles. The SMILES string of the molecule is COC(=O)c1c(C[NH+]2CCOCC2)nc2ccccc2c1-c1ccccc1. The molecule has 0 radical (unpaired) electrons. The zero-order chi connectivity index (χ0) is 18.6. The van der Waals surface area contributed by atoms with E-state index in [1.165, 1.54) is 12.0 Å². The van der Waals surface area contributed by atoms with Gasteiger partial charge in [0, 0.05) is 10.9 Å². The van der Waals surface area contributed by atoms with E-state index in [4.69, 9.17) is 14.5 Å². The van der Waals surface area contributed by atoms with Crippen LogP contribution in [-0.2, 0) is 16.0 Å². The molecule has 0 amide bonds. The van der Waals surface area contributed by atoms with Gasteiger partial charge in [0.1, 0.15) is 25.3 Å². The molecule has 4 rings (SSSR count). The molecule has 0 spiro atoms. The lowest BCUT2D eigenvalue weighted by molar-refractivity contribution is -0.921. The summed E-state index contributed by atoms with van der Waals surface area (Å²) in [6, 6.07) is 18.0. The molecule has 0 atom stereocenters. The van der Waals surface area contributed by atoms with Crippen LogP contribution in [0.1, 0.15) is 16.1 Å². The topological polar surface area (TPSA) is 52.9 Å². The van der Waals surface area contributed by atoms with Crippen molar-refractivity contribution in [3.63, 3.8) is 0 Å². The van der Waals surface area contributed by atoms with Gasteiger partial charge in [-0.15, -0.1) is 0 Å². The third-order valence-corrected chi connectivity index (χ3v) is 5.04. The average molecular weight is 363 g/mol. The fourth-order valence-electron chi connectivity index (χ4n) is 3.69. The number of pyridine rings is 1. The summed E-state index contributed by atoms with van der Waals surface area (Å²) >= 11 is 0. The first-order valence-corrected chi connectivity index (χ1v) is 9.24. The Bertz CT molecular complexity index is 950. The Morgan fingerprint density at radius 2 is 1.78 bits per heavy atom. The summed E-state index contributed by atoms with van der Waals surface area (Å²) in [4.78, 5) is 19.0.